The van der Waals surface area contributed by atoms with Crippen LogP contribution in [0.3, 0.4) is 0 Å². The van der Waals surface area contributed by atoms with Crippen molar-refractivity contribution in [2.24, 2.45) is 5.92 Å². The normalized spacial score (nSPS) is 16.9. The van der Waals surface area contributed by atoms with E-state index in [1.54, 1.807) is 42.5 Å². The zero-order chi connectivity index (χ0) is 26.4. The van der Waals surface area contributed by atoms with Crippen molar-refractivity contribution in [2.45, 2.75) is 62.9 Å². The molecule has 4 heterocycles. The quantitative estimate of drug-likeness (QED) is 0.309. The molecule has 12 heteroatoms. The number of hydrogen-bond donors (Lipinski definition) is 2. The van der Waals surface area contributed by atoms with Crippen molar-refractivity contribution in [2.75, 3.05) is 12.4 Å². The first-order chi connectivity index (χ1) is 18.4. The molecule has 0 radical (unpaired) electrons. The predicted octanol–water partition coefficient (Wildman–Crippen LogP) is 3.05. The van der Waals surface area contributed by atoms with E-state index in [0.717, 1.165) is 42.6 Å². The second-order valence-electron chi connectivity index (χ2n) is 9.92. The first kappa shape index (κ1) is 24.8. The molecule has 2 fully saturated rings. The minimum atomic E-state index is -1.30. The van der Waals surface area contributed by atoms with E-state index in [1.807, 2.05) is 6.92 Å². The highest BCUT2D eigenvalue weighted by molar-refractivity contribution is 7.89. The summed E-state index contributed by atoms with van der Waals surface area (Å²) in [4.78, 5) is 41.8. The fourth-order valence-electron chi connectivity index (χ4n) is 4.76. The number of anilines is 1. The summed E-state index contributed by atoms with van der Waals surface area (Å²) in [5, 5.41) is 3.15. The van der Waals surface area contributed by atoms with Gasteiger partial charge in [0.05, 0.1) is 52.9 Å². The van der Waals surface area contributed by atoms with Gasteiger partial charge >= 0.3 is 0 Å². The molecule has 4 aromatic rings. The second-order valence-corrected chi connectivity index (χ2v) is 11.3. The highest BCUT2D eigenvalue weighted by Crippen LogP contribution is 2.43. The third-order valence-electron chi connectivity index (χ3n) is 7.23. The Balaban J connectivity index is 1.38. The Morgan fingerprint density at radius 2 is 1.92 bits per heavy atom. The molecular weight excluding hydrogens is 502 g/mol. The number of aryl methyl sites for hydroxylation is 1. The molecular formula is C26H29N9O2S. The Morgan fingerprint density at radius 3 is 2.61 bits per heavy atom. The van der Waals surface area contributed by atoms with Crippen molar-refractivity contribution in [1.82, 2.24) is 39.2 Å². The van der Waals surface area contributed by atoms with Gasteiger partial charge in [-0.1, -0.05) is 0 Å². The summed E-state index contributed by atoms with van der Waals surface area (Å²) in [6.45, 7) is 4.31. The van der Waals surface area contributed by atoms with Gasteiger partial charge in [0.1, 0.15) is 11.8 Å². The van der Waals surface area contributed by atoms with Gasteiger partial charge in [0.25, 0.3) is 5.56 Å². The number of nitrogens with zero attached hydrogens (tertiary/aromatic N) is 7. The van der Waals surface area contributed by atoms with Crippen LogP contribution in [0.2, 0.25) is 0 Å². The summed E-state index contributed by atoms with van der Waals surface area (Å²) in [6.07, 6.45) is 9.21. The van der Waals surface area contributed by atoms with Crippen LogP contribution < -0.4 is 15.6 Å². The van der Waals surface area contributed by atoms with Gasteiger partial charge < -0.3 is 9.87 Å². The van der Waals surface area contributed by atoms with E-state index in [2.05, 4.69) is 41.9 Å². The van der Waals surface area contributed by atoms with Crippen LogP contribution in [-0.2, 0) is 17.9 Å². The number of rotatable bonds is 9. The average Bonchev–Trinajstić information content (AvgIpc) is 3.84. The standard InChI is InChI=1S/C26H29N9O2S/c1-14-21(22(17-6-7-17)32-13-31-14)23-30-12-20-25(34-23)35(15(2)16-4-5-16)26(36)24(33-20)29-10-18-8-9-19(11-28-18)38(37)27-3/h8-9,11-13,15-17,27H,4-7,10H2,1-3H3,(H,29,33)/t15-,38?/m0/s1. The van der Waals surface area contributed by atoms with Gasteiger partial charge in [-0.3, -0.25) is 14.3 Å². The Morgan fingerprint density at radius 1 is 1.11 bits per heavy atom. The lowest BCUT2D eigenvalue weighted by atomic mass is 10.1. The first-order valence-corrected chi connectivity index (χ1v) is 14.0. The van der Waals surface area contributed by atoms with Crippen molar-refractivity contribution in [3.05, 3.63) is 58.3 Å². The lowest BCUT2D eigenvalue weighted by Crippen LogP contribution is -2.29. The molecule has 4 aromatic heterocycles. The average molecular weight is 532 g/mol. The molecule has 0 saturated heterocycles. The van der Waals surface area contributed by atoms with Crippen LogP contribution in [0, 0.1) is 12.8 Å². The maximum absolute atomic E-state index is 13.7. The maximum atomic E-state index is 13.7. The second kappa shape index (κ2) is 10.0. The van der Waals surface area contributed by atoms with Crippen molar-refractivity contribution >= 4 is 28.3 Å². The number of aromatic nitrogens is 7. The van der Waals surface area contributed by atoms with Crippen LogP contribution in [-0.4, -0.2) is 46.1 Å². The van der Waals surface area contributed by atoms with Gasteiger partial charge in [-0.15, -0.1) is 4.72 Å². The van der Waals surface area contributed by atoms with E-state index >= 15 is 0 Å². The summed E-state index contributed by atoms with van der Waals surface area (Å²) in [5.74, 6) is 1.59. The van der Waals surface area contributed by atoms with Crippen LogP contribution in [0.5, 0.6) is 0 Å². The molecule has 1 unspecified atom stereocenters. The van der Waals surface area contributed by atoms with E-state index < -0.39 is 11.4 Å². The maximum Gasteiger partial charge on any atom is 0.295 e. The SMILES string of the molecule is CN[S+]([O-])c1ccc(CNc2nc3cnc(-c4c(C)ncnc4C4CC4)nc3n([C@@H](C)C3CC3)c2=O)nc1. The summed E-state index contributed by atoms with van der Waals surface area (Å²) in [6, 6.07) is 3.50. The zero-order valence-corrected chi connectivity index (χ0v) is 22.3. The topological polar surface area (TPSA) is 146 Å². The molecule has 2 aliphatic rings. The van der Waals surface area contributed by atoms with E-state index in [1.165, 1.54) is 0 Å². The third kappa shape index (κ3) is 4.74. The highest BCUT2D eigenvalue weighted by atomic mass is 32.2. The Kier molecular flexibility index (Phi) is 6.54. The fourth-order valence-corrected chi connectivity index (χ4v) is 5.33. The van der Waals surface area contributed by atoms with Crippen LogP contribution in [0.4, 0.5) is 5.82 Å². The Hall–Kier alpha value is -3.48. The fraction of sp³-hybridized carbons (Fsp3) is 0.423. The van der Waals surface area contributed by atoms with Crippen LogP contribution in [0.15, 0.2) is 40.5 Å². The number of fused-ring (bicyclic) bond motifs is 1. The van der Waals surface area contributed by atoms with E-state index in [0.29, 0.717) is 46.0 Å². The van der Waals surface area contributed by atoms with Gasteiger partial charge in [-0.25, -0.2) is 24.9 Å². The van der Waals surface area contributed by atoms with Gasteiger partial charge in [0, 0.05) is 19.0 Å². The van der Waals surface area contributed by atoms with E-state index in [-0.39, 0.29) is 17.4 Å². The Bertz CT molecular complexity index is 1550. The molecule has 0 aliphatic heterocycles. The lowest BCUT2D eigenvalue weighted by Gasteiger charge is -2.19. The third-order valence-corrected chi connectivity index (χ3v) is 8.27. The van der Waals surface area contributed by atoms with Gasteiger partial charge in [-0.2, -0.15) is 0 Å². The predicted molar refractivity (Wildman–Crippen MR) is 144 cm³/mol. The summed E-state index contributed by atoms with van der Waals surface area (Å²) >= 11 is -1.30. The van der Waals surface area contributed by atoms with Crippen molar-refractivity contribution in [1.29, 1.82) is 0 Å². The number of pyridine rings is 1. The highest BCUT2D eigenvalue weighted by Gasteiger charge is 2.33. The molecule has 196 valence electrons. The molecule has 6 rings (SSSR count). The number of hydrogen-bond acceptors (Lipinski definition) is 10. The van der Waals surface area contributed by atoms with E-state index in [4.69, 9.17) is 4.98 Å². The molecule has 2 saturated carbocycles. The van der Waals surface area contributed by atoms with Crippen LogP contribution in [0.1, 0.15) is 61.6 Å². The largest absolute Gasteiger partial charge is 0.593 e. The van der Waals surface area contributed by atoms with Crippen molar-refractivity contribution < 1.29 is 4.55 Å². The summed E-state index contributed by atoms with van der Waals surface area (Å²) in [7, 11) is 1.62. The molecule has 11 nitrogen and oxygen atoms in total. The lowest BCUT2D eigenvalue weighted by molar-refractivity contribution is 0.482. The van der Waals surface area contributed by atoms with Crippen LogP contribution >= 0.6 is 0 Å². The molecule has 0 spiro atoms. The van der Waals surface area contributed by atoms with Gasteiger partial charge in [-0.05, 0) is 57.6 Å². The van der Waals surface area contributed by atoms with E-state index in [9.17, 15) is 9.35 Å². The molecule has 2 atom stereocenters. The van der Waals surface area contributed by atoms with Gasteiger partial charge in [0.2, 0.25) is 0 Å². The van der Waals surface area contributed by atoms with Crippen molar-refractivity contribution in [3.63, 3.8) is 0 Å². The number of nitrogens with one attached hydrogen (secondary N) is 2. The molecule has 0 bridgehead atoms. The molecule has 0 aromatic carbocycles. The summed E-state index contributed by atoms with van der Waals surface area (Å²) < 4.78 is 16.3. The molecule has 38 heavy (non-hydrogen) atoms. The Labute approximate surface area is 222 Å². The summed E-state index contributed by atoms with van der Waals surface area (Å²) in [5.41, 5.74) is 4.19. The monoisotopic (exact) mass is 531 g/mol. The minimum Gasteiger partial charge on any atom is -0.593 e. The van der Waals surface area contributed by atoms with Crippen molar-refractivity contribution in [3.8, 4) is 11.4 Å². The zero-order valence-electron chi connectivity index (χ0n) is 21.5. The molecule has 2 aliphatic carbocycles. The molecule has 2 N–H and O–H groups in total. The van der Waals surface area contributed by atoms with Gasteiger partial charge in [0.15, 0.2) is 22.2 Å². The smallest absolute Gasteiger partial charge is 0.295 e. The minimum absolute atomic E-state index is 0.0266. The van der Waals surface area contributed by atoms with Crippen LogP contribution in [0.25, 0.3) is 22.6 Å². The first-order valence-electron chi connectivity index (χ1n) is 12.8. The molecule has 0 amide bonds.